The minimum absolute atomic E-state index is 0.229. The van der Waals surface area contributed by atoms with Gasteiger partial charge in [-0.1, -0.05) is 36.4 Å². The van der Waals surface area contributed by atoms with Gasteiger partial charge in [0, 0.05) is 17.8 Å². The molecule has 0 saturated carbocycles. The van der Waals surface area contributed by atoms with Crippen molar-refractivity contribution in [2.75, 3.05) is 11.4 Å². The number of nitrogens with zero attached hydrogens (tertiary/aromatic N) is 3. The van der Waals surface area contributed by atoms with Gasteiger partial charge in [0.15, 0.2) is 5.82 Å². The lowest BCUT2D eigenvalue weighted by Crippen LogP contribution is -2.35. The first-order valence-electron chi connectivity index (χ1n) is 9.66. The van der Waals surface area contributed by atoms with E-state index in [-0.39, 0.29) is 11.9 Å². The lowest BCUT2D eigenvalue weighted by Gasteiger charge is -2.37. The summed E-state index contributed by atoms with van der Waals surface area (Å²) < 4.78 is 13.3. The zero-order valence-electron chi connectivity index (χ0n) is 16.5. The van der Waals surface area contributed by atoms with E-state index in [1.165, 1.54) is 23.3 Å². The number of rotatable bonds is 3. The number of hydrogen-bond acceptors (Lipinski definition) is 4. The number of aromatic nitrogens is 2. The average Bonchev–Trinajstić information content (AvgIpc) is 2.71. The summed E-state index contributed by atoms with van der Waals surface area (Å²) in [4.78, 5) is 11.9. The third kappa shape index (κ3) is 3.27. The molecule has 1 aliphatic rings. The second-order valence-electron chi connectivity index (χ2n) is 7.46. The zero-order chi connectivity index (χ0) is 19.8. The first kappa shape index (κ1) is 18.6. The fourth-order valence-corrected chi connectivity index (χ4v) is 3.93. The van der Waals surface area contributed by atoms with E-state index in [2.05, 4.69) is 48.0 Å². The van der Waals surface area contributed by atoms with Crippen LogP contribution in [0.1, 0.15) is 52.8 Å². The van der Waals surface area contributed by atoms with Gasteiger partial charge in [0.1, 0.15) is 11.6 Å². The molecule has 5 heteroatoms. The molecular weight excluding hydrogens is 351 g/mol. The molecule has 0 bridgehead atoms. The van der Waals surface area contributed by atoms with Crippen molar-refractivity contribution in [3.63, 3.8) is 0 Å². The van der Waals surface area contributed by atoms with Gasteiger partial charge in [-0.3, -0.25) is 0 Å². The highest BCUT2D eigenvalue weighted by molar-refractivity contribution is 5.53. The Hall–Kier alpha value is -2.79. The van der Waals surface area contributed by atoms with Crippen molar-refractivity contribution in [3.05, 3.63) is 88.1 Å². The Morgan fingerprint density at radius 2 is 1.79 bits per heavy atom. The van der Waals surface area contributed by atoms with Crippen LogP contribution in [-0.2, 0) is 6.42 Å². The van der Waals surface area contributed by atoms with E-state index in [1.807, 2.05) is 6.92 Å². The molecule has 2 heterocycles. The van der Waals surface area contributed by atoms with Gasteiger partial charge in [-0.2, -0.15) is 0 Å². The summed E-state index contributed by atoms with van der Waals surface area (Å²) in [6, 6.07) is 14.5. The molecule has 144 valence electrons. The summed E-state index contributed by atoms with van der Waals surface area (Å²) >= 11 is 0. The van der Waals surface area contributed by atoms with Crippen LogP contribution in [0.15, 0.2) is 48.5 Å². The lowest BCUT2D eigenvalue weighted by molar-refractivity contribution is 0.608. The molecule has 2 aromatic carbocycles. The summed E-state index contributed by atoms with van der Waals surface area (Å²) in [6.07, 6.45) is 0.988. The van der Waals surface area contributed by atoms with Crippen molar-refractivity contribution < 1.29 is 4.39 Å². The Bertz CT molecular complexity index is 1000. The number of hydrogen-bond donors (Lipinski definition) is 1. The lowest BCUT2D eigenvalue weighted by atomic mass is 9.93. The van der Waals surface area contributed by atoms with Gasteiger partial charge in [-0.15, -0.1) is 0 Å². The third-order valence-corrected chi connectivity index (χ3v) is 5.75. The van der Waals surface area contributed by atoms with Crippen LogP contribution in [0, 0.1) is 19.7 Å². The van der Waals surface area contributed by atoms with Crippen molar-refractivity contribution in [2.45, 2.75) is 39.3 Å². The first-order valence-corrected chi connectivity index (χ1v) is 9.66. The van der Waals surface area contributed by atoms with Crippen LogP contribution in [0.4, 0.5) is 10.2 Å². The normalized spacial score (nSPS) is 17.3. The number of fused-ring (bicyclic) bond motifs is 1. The molecule has 1 aliphatic heterocycles. The molecule has 1 aromatic heterocycles. The van der Waals surface area contributed by atoms with Gasteiger partial charge in [-0.05, 0) is 56.0 Å². The van der Waals surface area contributed by atoms with E-state index >= 15 is 0 Å². The second-order valence-corrected chi connectivity index (χ2v) is 7.46. The monoisotopic (exact) mass is 376 g/mol. The van der Waals surface area contributed by atoms with Crippen LogP contribution in [0.25, 0.3) is 0 Å². The van der Waals surface area contributed by atoms with Crippen LogP contribution in [-0.4, -0.2) is 16.5 Å². The van der Waals surface area contributed by atoms with Crippen molar-refractivity contribution in [1.29, 1.82) is 0 Å². The minimum Gasteiger partial charge on any atom is -0.349 e. The molecule has 4 nitrogen and oxygen atoms in total. The standard InChI is InChI=1S/C23H25FN4/c1-14-15(2)26-22(21(25)18-8-10-19(24)11-9-18)27-23(14)28-13-12-17-6-4-5-7-20(17)16(28)3/h4-11,16,21H,12-13,25H2,1-3H3. The summed E-state index contributed by atoms with van der Waals surface area (Å²) in [5.74, 6) is 1.22. The Morgan fingerprint density at radius 1 is 1.07 bits per heavy atom. The SMILES string of the molecule is Cc1nc(C(N)c2ccc(F)cc2)nc(N2CCc3ccccc3C2C)c1C. The van der Waals surface area contributed by atoms with Crippen LogP contribution < -0.4 is 10.6 Å². The van der Waals surface area contributed by atoms with E-state index in [0.717, 1.165) is 35.6 Å². The molecule has 0 fully saturated rings. The maximum absolute atomic E-state index is 13.3. The van der Waals surface area contributed by atoms with Crippen LogP contribution in [0.5, 0.6) is 0 Å². The maximum Gasteiger partial charge on any atom is 0.152 e. The summed E-state index contributed by atoms with van der Waals surface area (Å²) in [5.41, 5.74) is 12.0. The highest BCUT2D eigenvalue weighted by Crippen LogP contribution is 2.35. The number of halogens is 1. The van der Waals surface area contributed by atoms with Gasteiger partial charge in [0.05, 0.1) is 12.1 Å². The van der Waals surface area contributed by atoms with E-state index in [9.17, 15) is 4.39 Å². The quantitative estimate of drug-likeness (QED) is 0.736. The number of benzene rings is 2. The molecule has 3 aromatic rings. The zero-order valence-corrected chi connectivity index (χ0v) is 16.5. The van der Waals surface area contributed by atoms with Crippen molar-refractivity contribution in [2.24, 2.45) is 5.73 Å². The second kappa shape index (κ2) is 7.32. The summed E-state index contributed by atoms with van der Waals surface area (Å²) in [5, 5.41) is 0. The van der Waals surface area contributed by atoms with Crippen LogP contribution in [0.2, 0.25) is 0 Å². The molecule has 2 N–H and O–H groups in total. The van der Waals surface area contributed by atoms with E-state index in [4.69, 9.17) is 10.7 Å². The smallest absolute Gasteiger partial charge is 0.152 e. The molecule has 28 heavy (non-hydrogen) atoms. The number of aryl methyl sites for hydroxylation is 1. The van der Waals surface area contributed by atoms with Gasteiger partial charge in [0.25, 0.3) is 0 Å². The van der Waals surface area contributed by atoms with E-state index < -0.39 is 6.04 Å². The minimum atomic E-state index is -0.494. The highest BCUT2D eigenvalue weighted by atomic mass is 19.1. The fourth-order valence-electron chi connectivity index (χ4n) is 3.93. The molecule has 4 rings (SSSR count). The molecule has 2 unspecified atom stereocenters. The van der Waals surface area contributed by atoms with Crippen molar-refractivity contribution in [1.82, 2.24) is 9.97 Å². The summed E-state index contributed by atoms with van der Waals surface area (Å²) in [6.45, 7) is 7.17. The molecule has 0 saturated heterocycles. The van der Waals surface area contributed by atoms with Gasteiger partial charge in [-0.25, -0.2) is 14.4 Å². The molecule has 0 amide bonds. The molecule has 0 radical (unpaired) electrons. The molecule has 2 atom stereocenters. The first-order chi connectivity index (χ1) is 13.5. The fraction of sp³-hybridized carbons (Fsp3) is 0.304. The van der Waals surface area contributed by atoms with Gasteiger partial charge < -0.3 is 10.6 Å². The molecular formula is C23H25FN4. The molecule has 0 spiro atoms. The van der Waals surface area contributed by atoms with Gasteiger partial charge >= 0.3 is 0 Å². The Morgan fingerprint density at radius 3 is 2.54 bits per heavy atom. The number of nitrogens with two attached hydrogens (primary N) is 1. The van der Waals surface area contributed by atoms with Crippen molar-refractivity contribution in [3.8, 4) is 0 Å². The molecule has 0 aliphatic carbocycles. The topological polar surface area (TPSA) is 55.0 Å². The van der Waals surface area contributed by atoms with E-state index in [1.54, 1.807) is 12.1 Å². The predicted octanol–water partition coefficient (Wildman–Crippen LogP) is 4.40. The third-order valence-electron chi connectivity index (χ3n) is 5.75. The Labute approximate surface area is 165 Å². The average molecular weight is 376 g/mol. The van der Waals surface area contributed by atoms with Crippen LogP contribution in [0.3, 0.4) is 0 Å². The maximum atomic E-state index is 13.3. The largest absolute Gasteiger partial charge is 0.349 e. The van der Waals surface area contributed by atoms with Crippen molar-refractivity contribution >= 4 is 5.82 Å². The van der Waals surface area contributed by atoms with Crippen LogP contribution >= 0.6 is 0 Å². The van der Waals surface area contributed by atoms with Gasteiger partial charge in [0.2, 0.25) is 0 Å². The van der Waals surface area contributed by atoms with E-state index in [0.29, 0.717) is 5.82 Å². The summed E-state index contributed by atoms with van der Waals surface area (Å²) in [7, 11) is 0. The predicted molar refractivity (Wildman–Crippen MR) is 110 cm³/mol. The highest BCUT2D eigenvalue weighted by Gasteiger charge is 2.27. The number of anilines is 1. The Kier molecular flexibility index (Phi) is 4.85. The Balaban J connectivity index is 1.73.